The molecule has 0 radical (unpaired) electrons. The van der Waals surface area contributed by atoms with Gasteiger partial charge in [-0.05, 0) is 47.8 Å². The van der Waals surface area contributed by atoms with E-state index in [1.807, 2.05) is 27.3 Å². The molecule has 0 aliphatic heterocycles. The molecule has 0 spiro atoms. The van der Waals surface area contributed by atoms with Gasteiger partial charge in [-0.3, -0.25) is 0 Å². The molecule has 0 fully saturated rings. The van der Waals surface area contributed by atoms with Gasteiger partial charge in [0, 0.05) is 3.57 Å². The highest BCUT2D eigenvalue weighted by molar-refractivity contribution is 14.1. The van der Waals surface area contributed by atoms with E-state index in [0.717, 1.165) is 0 Å². The summed E-state index contributed by atoms with van der Waals surface area (Å²) in [4.78, 5) is -0.324. The molecule has 1 rings (SSSR count). The minimum atomic E-state index is -3.67. The third-order valence-electron chi connectivity index (χ3n) is 1.45. The molecule has 0 heterocycles. The molecule has 3 nitrogen and oxygen atoms in total. The summed E-state index contributed by atoms with van der Waals surface area (Å²) in [6, 6.07) is 3.95. The van der Waals surface area contributed by atoms with Gasteiger partial charge in [0.05, 0.1) is 0 Å². The molecule has 0 amide bonds. The van der Waals surface area contributed by atoms with Crippen molar-refractivity contribution in [3.63, 3.8) is 0 Å². The van der Waals surface area contributed by atoms with Crippen molar-refractivity contribution in [3.05, 3.63) is 27.6 Å². The molecular formula is C7H7FINO2S. The Labute approximate surface area is 89.5 Å². The van der Waals surface area contributed by atoms with Crippen LogP contribution in [0.3, 0.4) is 0 Å². The molecule has 0 saturated carbocycles. The standard InChI is InChI=1S/C7H7FINO2S/c1-10-13(11,12)7-3-2-5(9)4-6(7)8/h2-4,10H,1H3. The van der Waals surface area contributed by atoms with Crippen LogP contribution in [0.15, 0.2) is 23.1 Å². The number of hydrogen-bond acceptors (Lipinski definition) is 2. The lowest BCUT2D eigenvalue weighted by Gasteiger charge is -2.03. The molecule has 6 heteroatoms. The second-order valence-electron chi connectivity index (χ2n) is 2.28. The van der Waals surface area contributed by atoms with Gasteiger partial charge >= 0.3 is 0 Å². The second kappa shape index (κ2) is 3.89. The fourth-order valence-corrected chi connectivity index (χ4v) is 2.04. The quantitative estimate of drug-likeness (QED) is 0.837. The van der Waals surface area contributed by atoms with E-state index in [0.29, 0.717) is 3.57 Å². The minimum Gasteiger partial charge on any atom is -0.214 e. The summed E-state index contributed by atoms with van der Waals surface area (Å²) in [6.07, 6.45) is 0. The van der Waals surface area contributed by atoms with Crippen LogP contribution in [0.4, 0.5) is 4.39 Å². The van der Waals surface area contributed by atoms with Gasteiger partial charge in [-0.1, -0.05) is 0 Å². The highest BCUT2D eigenvalue weighted by Crippen LogP contribution is 2.16. The van der Waals surface area contributed by atoms with Crippen molar-refractivity contribution in [2.24, 2.45) is 0 Å². The van der Waals surface area contributed by atoms with Crippen LogP contribution in [-0.2, 0) is 10.0 Å². The number of halogens is 2. The molecule has 0 saturated heterocycles. The summed E-state index contributed by atoms with van der Waals surface area (Å²) in [6.45, 7) is 0. The van der Waals surface area contributed by atoms with Crippen molar-refractivity contribution in [3.8, 4) is 0 Å². The van der Waals surface area contributed by atoms with Crippen LogP contribution >= 0.6 is 22.6 Å². The van der Waals surface area contributed by atoms with Crippen molar-refractivity contribution in [1.82, 2.24) is 4.72 Å². The Balaban J connectivity index is 3.33. The van der Waals surface area contributed by atoms with Crippen LogP contribution in [0.25, 0.3) is 0 Å². The van der Waals surface area contributed by atoms with E-state index in [1.54, 1.807) is 0 Å². The summed E-state index contributed by atoms with van der Waals surface area (Å²) in [5.41, 5.74) is 0. The van der Waals surface area contributed by atoms with Crippen LogP contribution < -0.4 is 4.72 Å². The van der Waals surface area contributed by atoms with Gasteiger partial charge < -0.3 is 0 Å². The van der Waals surface area contributed by atoms with Crippen molar-refractivity contribution in [2.45, 2.75) is 4.90 Å². The molecule has 13 heavy (non-hydrogen) atoms. The van der Waals surface area contributed by atoms with Crippen LogP contribution in [0.1, 0.15) is 0 Å². The zero-order valence-corrected chi connectivity index (χ0v) is 9.69. The third-order valence-corrected chi connectivity index (χ3v) is 3.57. The number of sulfonamides is 1. The maximum Gasteiger partial charge on any atom is 0.243 e. The highest BCUT2D eigenvalue weighted by Gasteiger charge is 2.16. The average Bonchev–Trinajstić information content (AvgIpc) is 2.03. The Kier molecular flexibility index (Phi) is 3.25. The van der Waals surface area contributed by atoms with Gasteiger partial charge in [-0.2, -0.15) is 0 Å². The van der Waals surface area contributed by atoms with E-state index in [-0.39, 0.29) is 4.90 Å². The fourth-order valence-electron chi connectivity index (χ4n) is 0.803. The zero-order valence-electron chi connectivity index (χ0n) is 6.71. The first-order valence-electron chi connectivity index (χ1n) is 3.36. The topological polar surface area (TPSA) is 46.2 Å². The van der Waals surface area contributed by atoms with Crippen LogP contribution in [0, 0.1) is 9.39 Å². The summed E-state index contributed by atoms with van der Waals surface area (Å²) in [7, 11) is -2.43. The molecule has 1 N–H and O–H groups in total. The maximum atomic E-state index is 13.1. The van der Waals surface area contributed by atoms with Gasteiger partial charge in [0.15, 0.2) is 0 Å². The second-order valence-corrected chi connectivity index (χ2v) is 5.38. The minimum absolute atomic E-state index is 0.324. The third kappa shape index (κ3) is 2.38. The Morgan fingerprint density at radius 3 is 2.54 bits per heavy atom. The van der Waals surface area contributed by atoms with Gasteiger partial charge in [0.2, 0.25) is 10.0 Å². The molecule has 0 aliphatic carbocycles. The van der Waals surface area contributed by atoms with Crippen molar-refractivity contribution in [1.29, 1.82) is 0 Å². The molecule has 0 atom stereocenters. The van der Waals surface area contributed by atoms with E-state index in [9.17, 15) is 12.8 Å². The summed E-state index contributed by atoms with van der Waals surface area (Å²) < 4.78 is 38.2. The van der Waals surface area contributed by atoms with Crippen molar-refractivity contribution >= 4 is 32.6 Å². The van der Waals surface area contributed by atoms with E-state index in [2.05, 4.69) is 0 Å². The predicted molar refractivity (Wildman–Crippen MR) is 55.4 cm³/mol. The van der Waals surface area contributed by atoms with Crippen LogP contribution in [0.5, 0.6) is 0 Å². The largest absolute Gasteiger partial charge is 0.243 e. The van der Waals surface area contributed by atoms with E-state index >= 15 is 0 Å². The van der Waals surface area contributed by atoms with Crippen molar-refractivity contribution in [2.75, 3.05) is 7.05 Å². The Bertz CT molecular complexity index is 419. The molecule has 0 bridgehead atoms. The molecule has 0 aliphatic rings. The lowest BCUT2D eigenvalue weighted by atomic mass is 10.3. The zero-order chi connectivity index (χ0) is 10.1. The van der Waals surface area contributed by atoms with E-state index in [1.165, 1.54) is 25.2 Å². The molecular weight excluding hydrogens is 308 g/mol. The average molecular weight is 315 g/mol. The Morgan fingerprint density at radius 2 is 2.08 bits per heavy atom. The van der Waals surface area contributed by atoms with E-state index < -0.39 is 15.8 Å². The van der Waals surface area contributed by atoms with Gasteiger partial charge in [0.1, 0.15) is 10.7 Å². The number of rotatable bonds is 2. The van der Waals surface area contributed by atoms with Crippen LogP contribution in [-0.4, -0.2) is 15.5 Å². The fraction of sp³-hybridized carbons (Fsp3) is 0.143. The summed E-state index contributed by atoms with van der Waals surface area (Å²) in [5, 5.41) is 0. The number of nitrogens with one attached hydrogen (secondary N) is 1. The van der Waals surface area contributed by atoms with Gasteiger partial charge in [0.25, 0.3) is 0 Å². The highest BCUT2D eigenvalue weighted by atomic mass is 127. The normalized spacial score (nSPS) is 11.6. The maximum absolute atomic E-state index is 13.1. The molecule has 72 valence electrons. The Hall–Kier alpha value is -0.210. The van der Waals surface area contributed by atoms with Crippen LogP contribution in [0.2, 0.25) is 0 Å². The summed E-state index contributed by atoms with van der Waals surface area (Å²) >= 11 is 1.91. The monoisotopic (exact) mass is 315 g/mol. The molecule has 0 unspecified atom stereocenters. The van der Waals surface area contributed by atoms with Crippen molar-refractivity contribution < 1.29 is 12.8 Å². The Morgan fingerprint density at radius 1 is 1.46 bits per heavy atom. The van der Waals surface area contributed by atoms with E-state index in [4.69, 9.17) is 0 Å². The first-order valence-corrected chi connectivity index (χ1v) is 5.92. The van der Waals surface area contributed by atoms with Gasteiger partial charge in [-0.15, -0.1) is 0 Å². The lowest BCUT2D eigenvalue weighted by Crippen LogP contribution is -2.19. The first kappa shape index (κ1) is 10.9. The molecule has 0 aromatic heterocycles. The molecule has 1 aromatic rings. The molecule has 1 aromatic carbocycles. The number of benzene rings is 1. The number of hydrogen-bond donors (Lipinski definition) is 1. The predicted octanol–water partition coefficient (Wildman–Crippen LogP) is 1.34. The first-order chi connectivity index (χ1) is 5.97. The lowest BCUT2D eigenvalue weighted by molar-refractivity contribution is 0.561. The smallest absolute Gasteiger partial charge is 0.214 e. The SMILES string of the molecule is CNS(=O)(=O)c1ccc(I)cc1F. The summed E-state index contributed by atoms with van der Waals surface area (Å²) in [5.74, 6) is -0.735. The van der Waals surface area contributed by atoms with Gasteiger partial charge in [-0.25, -0.2) is 17.5 Å².